The van der Waals surface area contributed by atoms with Crippen LogP contribution in [-0.2, 0) is 6.42 Å². The molecular formula is C14H25N5. The number of aromatic nitrogens is 2. The Morgan fingerprint density at radius 1 is 1.11 bits per heavy atom. The average Bonchev–Trinajstić information content (AvgIpc) is 2.39. The highest BCUT2D eigenvalue weighted by atomic mass is 15.3. The number of rotatable bonds is 4. The number of hydrogen-bond donors (Lipinski definition) is 1. The molecule has 2 rings (SSSR count). The van der Waals surface area contributed by atoms with E-state index in [-0.39, 0.29) is 6.04 Å². The molecular weight excluding hydrogens is 238 g/mol. The lowest BCUT2D eigenvalue weighted by Crippen LogP contribution is -2.49. The summed E-state index contributed by atoms with van der Waals surface area (Å²) in [5.74, 6) is 0.844. The van der Waals surface area contributed by atoms with Gasteiger partial charge in [-0.25, -0.2) is 9.97 Å². The second-order valence-corrected chi connectivity index (χ2v) is 5.69. The monoisotopic (exact) mass is 263 g/mol. The van der Waals surface area contributed by atoms with Crippen LogP contribution in [-0.4, -0.2) is 53.1 Å². The largest absolute Gasteiger partial charge is 0.338 e. The van der Waals surface area contributed by atoms with E-state index in [1.807, 2.05) is 19.3 Å². The van der Waals surface area contributed by atoms with Gasteiger partial charge in [0.25, 0.3) is 0 Å². The Labute approximate surface area is 115 Å². The molecule has 1 aromatic heterocycles. The fraction of sp³-hybridized carbons (Fsp3) is 0.714. The van der Waals surface area contributed by atoms with Crippen LogP contribution in [0.25, 0.3) is 0 Å². The highest BCUT2D eigenvalue weighted by Crippen LogP contribution is 2.12. The summed E-state index contributed by atoms with van der Waals surface area (Å²) < 4.78 is 0. The molecule has 1 fully saturated rings. The summed E-state index contributed by atoms with van der Waals surface area (Å²) in [4.78, 5) is 13.7. The van der Waals surface area contributed by atoms with Crippen molar-refractivity contribution in [3.05, 3.63) is 18.0 Å². The van der Waals surface area contributed by atoms with Gasteiger partial charge in [0.2, 0.25) is 5.95 Å². The van der Waals surface area contributed by atoms with Gasteiger partial charge in [-0.3, -0.25) is 4.90 Å². The first-order valence-corrected chi connectivity index (χ1v) is 7.11. The maximum atomic E-state index is 5.78. The molecule has 0 radical (unpaired) electrons. The summed E-state index contributed by atoms with van der Waals surface area (Å²) in [6, 6.07) is 0.778. The Morgan fingerprint density at radius 3 is 2.16 bits per heavy atom. The van der Waals surface area contributed by atoms with Gasteiger partial charge in [0, 0.05) is 50.7 Å². The van der Waals surface area contributed by atoms with Crippen LogP contribution in [0, 0.1) is 0 Å². The molecule has 0 bridgehead atoms. The lowest BCUT2D eigenvalue weighted by molar-refractivity contribution is 0.208. The van der Waals surface area contributed by atoms with Gasteiger partial charge in [-0.15, -0.1) is 0 Å². The third-order valence-electron chi connectivity index (χ3n) is 3.58. The minimum absolute atomic E-state index is 0.157. The van der Waals surface area contributed by atoms with Gasteiger partial charge < -0.3 is 10.6 Å². The first kappa shape index (κ1) is 14.2. The van der Waals surface area contributed by atoms with Crippen LogP contribution >= 0.6 is 0 Å². The van der Waals surface area contributed by atoms with E-state index >= 15 is 0 Å². The van der Waals surface area contributed by atoms with E-state index in [1.165, 1.54) is 0 Å². The van der Waals surface area contributed by atoms with E-state index in [4.69, 9.17) is 5.73 Å². The van der Waals surface area contributed by atoms with E-state index in [0.717, 1.165) is 44.1 Å². The summed E-state index contributed by atoms with van der Waals surface area (Å²) >= 11 is 0. The fourth-order valence-corrected chi connectivity index (χ4v) is 2.43. The summed E-state index contributed by atoms with van der Waals surface area (Å²) in [6.45, 7) is 10.7. The SMILES string of the molecule is CC(N)Cc1cnc(N2CCN(C(C)C)CC2)nc1. The minimum Gasteiger partial charge on any atom is -0.338 e. The van der Waals surface area contributed by atoms with Gasteiger partial charge in [0.1, 0.15) is 0 Å². The fourth-order valence-electron chi connectivity index (χ4n) is 2.43. The van der Waals surface area contributed by atoms with Gasteiger partial charge in [-0.2, -0.15) is 0 Å². The quantitative estimate of drug-likeness (QED) is 0.874. The van der Waals surface area contributed by atoms with Crippen molar-refractivity contribution in [3.63, 3.8) is 0 Å². The maximum absolute atomic E-state index is 5.78. The number of nitrogens with two attached hydrogens (primary N) is 1. The lowest BCUT2D eigenvalue weighted by Gasteiger charge is -2.36. The average molecular weight is 263 g/mol. The first-order valence-electron chi connectivity index (χ1n) is 7.11. The van der Waals surface area contributed by atoms with Gasteiger partial charge in [-0.05, 0) is 32.8 Å². The van der Waals surface area contributed by atoms with Crippen LogP contribution < -0.4 is 10.6 Å². The standard InChI is InChI=1S/C14H25N5/c1-11(2)18-4-6-19(7-5-18)14-16-9-13(10-17-14)8-12(3)15/h9-12H,4-8,15H2,1-3H3. The minimum atomic E-state index is 0.157. The second-order valence-electron chi connectivity index (χ2n) is 5.69. The van der Waals surface area contributed by atoms with Crippen LogP contribution in [0.15, 0.2) is 12.4 Å². The van der Waals surface area contributed by atoms with Crippen molar-refractivity contribution in [2.75, 3.05) is 31.1 Å². The topological polar surface area (TPSA) is 58.3 Å². The molecule has 19 heavy (non-hydrogen) atoms. The lowest BCUT2D eigenvalue weighted by atomic mass is 10.1. The molecule has 0 aromatic carbocycles. The molecule has 1 aliphatic rings. The highest BCUT2D eigenvalue weighted by Gasteiger charge is 2.20. The third-order valence-corrected chi connectivity index (χ3v) is 3.58. The van der Waals surface area contributed by atoms with E-state index in [2.05, 4.69) is 33.6 Å². The molecule has 0 amide bonds. The van der Waals surface area contributed by atoms with Crippen molar-refractivity contribution in [2.45, 2.75) is 39.3 Å². The van der Waals surface area contributed by atoms with Crippen LogP contribution in [0.4, 0.5) is 5.95 Å². The molecule has 1 unspecified atom stereocenters. The van der Waals surface area contributed by atoms with E-state index in [0.29, 0.717) is 6.04 Å². The molecule has 0 spiro atoms. The molecule has 0 saturated carbocycles. The third kappa shape index (κ3) is 3.88. The summed E-state index contributed by atoms with van der Waals surface area (Å²) in [5, 5.41) is 0. The van der Waals surface area contributed by atoms with E-state index in [9.17, 15) is 0 Å². The van der Waals surface area contributed by atoms with Crippen LogP contribution in [0.1, 0.15) is 26.3 Å². The van der Waals surface area contributed by atoms with E-state index < -0.39 is 0 Å². The van der Waals surface area contributed by atoms with Crippen molar-refractivity contribution >= 4 is 5.95 Å². The van der Waals surface area contributed by atoms with Gasteiger partial charge in [-0.1, -0.05) is 0 Å². The maximum Gasteiger partial charge on any atom is 0.225 e. The Hall–Kier alpha value is -1.20. The van der Waals surface area contributed by atoms with Crippen LogP contribution in [0.2, 0.25) is 0 Å². The zero-order valence-electron chi connectivity index (χ0n) is 12.2. The number of piperazine rings is 1. The molecule has 5 heteroatoms. The van der Waals surface area contributed by atoms with Crippen LogP contribution in [0.3, 0.4) is 0 Å². The first-order chi connectivity index (χ1) is 9.06. The molecule has 1 aliphatic heterocycles. The van der Waals surface area contributed by atoms with Crippen molar-refractivity contribution in [1.29, 1.82) is 0 Å². The predicted octanol–water partition coefficient (Wildman–Crippen LogP) is 0.897. The van der Waals surface area contributed by atoms with Crippen molar-refractivity contribution < 1.29 is 0 Å². The molecule has 0 aliphatic carbocycles. The van der Waals surface area contributed by atoms with Crippen molar-refractivity contribution in [1.82, 2.24) is 14.9 Å². The molecule has 106 valence electrons. The van der Waals surface area contributed by atoms with Gasteiger partial charge in [0.05, 0.1) is 0 Å². The van der Waals surface area contributed by atoms with Gasteiger partial charge >= 0.3 is 0 Å². The normalized spacial score (nSPS) is 18.9. The van der Waals surface area contributed by atoms with Gasteiger partial charge in [0.15, 0.2) is 0 Å². The molecule has 5 nitrogen and oxygen atoms in total. The summed E-state index contributed by atoms with van der Waals surface area (Å²) in [7, 11) is 0. The molecule has 2 N–H and O–H groups in total. The molecule has 2 heterocycles. The van der Waals surface area contributed by atoms with Crippen molar-refractivity contribution in [2.24, 2.45) is 5.73 Å². The Kier molecular flexibility index (Phi) is 4.71. The molecule has 1 saturated heterocycles. The van der Waals surface area contributed by atoms with Crippen molar-refractivity contribution in [3.8, 4) is 0 Å². The Morgan fingerprint density at radius 2 is 1.68 bits per heavy atom. The number of hydrogen-bond acceptors (Lipinski definition) is 5. The molecule has 1 atom stereocenters. The number of nitrogens with zero attached hydrogens (tertiary/aromatic N) is 4. The van der Waals surface area contributed by atoms with Crippen LogP contribution in [0.5, 0.6) is 0 Å². The second kappa shape index (κ2) is 6.30. The highest BCUT2D eigenvalue weighted by molar-refractivity contribution is 5.30. The summed E-state index contributed by atoms with van der Waals surface area (Å²) in [6.07, 6.45) is 4.64. The predicted molar refractivity (Wildman–Crippen MR) is 78.3 cm³/mol. The Balaban J connectivity index is 1.92. The van der Waals surface area contributed by atoms with E-state index in [1.54, 1.807) is 0 Å². The smallest absolute Gasteiger partial charge is 0.225 e. The summed E-state index contributed by atoms with van der Waals surface area (Å²) in [5.41, 5.74) is 6.89. The number of anilines is 1. The zero-order valence-corrected chi connectivity index (χ0v) is 12.2. The zero-order chi connectivity index (χ0) is 13.8. The Bertz CT molecular complexity index is 379. The molecule has 1 aromatic rings.